The number of aryl methyl sites for hydroxylation is 1. The third kappa shape index (κ3) is 6.38. The average Bonchev–Trinajstić information content (AvgIpc) is 2.86. The molecule has 0 bridgehead atoms. The summed E-state index contributed by atoms with van der Waals surface area (Å²) in [6.07, 6.45) is 4.41. The van der Waals surface area contributed by atoms with Crippen molar-refractivity contribution in [3.63, 3.8) is 0 Å². The average molecular weight is 463 g/mol. The van der Waals surface area contributed by atoms with Gasteiger partial charge in [-0.25, -0.2) is 0 Å². The summed E-state index contributed by atoms with van der Waals surface area (Å²) in [7, 11) is 0. The molecule has 2 aliphatic rings. The SMILES string of the molecule is Cc1cccc(N2CCN(CCCCNC(=O)[C@H](c3ccccc3)N3CCCCC3=O)CC2)c1. The molecule has 0 radical (unpaired) electrons. The maximum absolute atomic E-state index is 13.1. The van der Waals surface area contributed by atoms with Crippen molar-refractivity contribution in [3.8, 4) is 0 Å². The number of hydrogen-bond acceptors (Lipinski definition) is 4. The van der Waals surface area contributed by atoms with E-state index in [1.54, 1.807) is 4.90 Å². The molecule has 2 amide bonds. The Morgan fingerprint density at radius 3 is 2.47 bits per heavy atom. The van der Waals surface area contributed by atoms with Crippen molar-refractivity contribution in [2.75, 3.05) is 50.7 Å². The van der Waals surface area contributed by atoms with Gasteiger partial charge in [0.25, 0.3) is 0 Å². The molecule has 6 nitrogen and oxygen atoms in total. The Morgan fingerprint density at radius 2 is 1.74 bits per heavy atom. The number of piperidine rings is 1. The molecule has 2 heterocycles. The molecule has 0 saturated carbocycles. The van der Waals surface area contributed by atoms with E-state index in [0.717, 1.165) is 64.0 Å². The summed E-state index contributed by atoms with van der Waals surface area (Å²) < 4.78 is 0. The fourth-order valence-electron chi connectivity index (χ4n) is 5.03. The highest BCUT2D eigenvalue weighted by atomic mass is 16.2. The van der Waals surface area contributed by atoms with Crippen molar-refractivity contribution >= 4 is 17.5 Å². The minimum Gasteiger partial charge on any atom is -0.369 e. The number of likely N-dealkylation sites (tertiary alicyclic amines) is 1. The molecule has 2 aliphatic heterocycles. The van der Waals surface area contributed by atoms with Crippen molar-refractivity contribution in [3.05, 3.63) is 65.7 Å². The number of anilines is 1. The van der Waals surface area contributed by atoms with Gasteiger partial charge >= 0.3 is 0 Å². The van der Waals surface area contributed by atoms with E-state index in [1.807, 2.05) is 30.3 Å². The molecule has 2 aromatic carbocycles. The number of nitrogens with zero attached hydrogens (tertiary/aromatic N) is 3. The first kappa shape index (κ1) is 24.3. The van der Waals surface area contributed by atoms with E-state index in [4.69, 9.17) is 0 Å². The van der Waals surface area contributed by atoms with E-state index in [9.17, 15) is 9.59 Å². The highest BCUT2D eigenvalue weighted by Crippen LogP contribution is 2.26. The lowest BCUT2D eigenvalue weighted by Crippen LogP contribution is -2.47. The molecule has 34 heavy (non-hydrogen) atoms. The number of nitrogens with one attached hydrogen (secondary N) is 1. The van der Waals surface area contributed by atoms with Crippen molar-refractivity contribution in [1.29, 1.82) is 0 Å². The van der Waals surface area contributed by atoms with E-state index in [-0.39, 0.29) is 11.8 Å². The largest absolute Gasteiger partial charge is 0.369 e. The smallest absolute Gasteiger partial charge is 0.247 e. The normalized spacial score (nSPS) is 18.1. The Bertz CT molecular complexity index is 940. The summed E-state index contributed by atoms with van der Waals surface area (Å²) in [4.78, 5) is 32.4. The topological polar surface area (TPSA) is 55.9 Å². The molecule has 0 aromatic heterocycles. The van der Waals surface area contributed by atoms with Crippen LogP contribution in [0.15, 0.2) is 54.6 Å². The number of amides is 2. The van der Waals surface area contributed by atoms with Gasteiger partial charge in [0, 0.05) is 51.4 Å². The highest BCUT2D eigenvalue weighted by molar-refractivity contribution is 5.89. The van der Waals surface area contributed by atoms with E-state index in [2.05, 4.69) is 46.3 Å². The van der Waals surface area contributed by atoms with Crippen molar-refractivity contribution in [2.24, 2.45) is 0 Å². The predicted octanol–water partition coefficient (Wildman–Crippen LogP) is 3.77. The van der Waals surface area contributed by atoms with Crippen LogP contribution in [-0.2, 0) is 9.59 Å². The number of carbonyl (C=O) groups is 2. The molecule has 1 N–H and O–H groups in total. The predicted molar refractivity (Wildman–Crippen MR) is 137 cm³/mol. The van der Waals surface area contributed by atoms with Gasteiger partial charge in [-0.15, -0.1) is 0 Å². The van der Waals surface area contributed by atoms with Crippen LogP contribution in [-0.4, -0.2) is 67.4 Å². The molecule has 1 atom stereocenters. The Balaban J connectivity index is 1.20. The van der Waals surface area contributed by atoms with E-state index < -0.39 is 6.04 Å². The summed E-state index contributed by atoms with van der Waals surface area (Å²) in [6, 6.07) is 17.9. The molecule has 2 fully saturated rings. The zero-order valence-electron chi connectivity index (χ0n) is 20.4. The number of hydrogen-bond donors (Lipinski definition) is 1. The molecule has 182 valence electrons. The molecule has 6 heteroatoms. The standard InChI is InChI=1S/C28H38N4O2/c1-23-10-9-13-25(22-23)31-20-18-30(19-21-31)16-8-6-15-29-28(34)27(24-11-3-2-4-12-24)32-17-7-5-14-26(32)33/h2-4,9-13,22,27H,5-8,14-21H2,1H3,(H,29,34)/t27-/m0/s1. The summed E-state index contributed by atoms with van der Waals surface area (Å²) >= 11 is 0. The van der Waals surface area contributed by atoms with Gasteiger partial charge in [-0.3, -0.25) is 14.5 Å². The fourth-order valence-corrected chi connectivity index (χ4v) is 5.03. The molecule has 2 saturated heterocycles. The lowest BCUT2D eigenvalue weighted by atomic mass is 10.0. The monoisotopic (exact) mass is 462 g/mol. The molecular formula is C28H38N4O2. The van der Waals surface area contributed by atoms with E-state index in [0.29, 0.717) is 19.5 Å². The number of rotatable bonds is 9. The zero-order valence-corrected chi connectivity index (χ0v) is 20.4. The third-order valence-corrected chi connectivity index (χ3v) is 6.97. The molecule has 0 aliphatic carbocycles. The Labute approximate surface area is 203 Å². The van der Waals surface area contributed by atoms with Crippen LogP contribution in [0.25, 0.3) is 0 Å². The van der Waals surface area contributed by atoms with Gasteiger partial charge in [-0.1, -0.05) is 42.5 Å². The summed E-state index contributed by atoms with van der Waals surface area (Å²) in [5, 5.41) is 3.11. The first-order chi connectivity index (χ1) is 16.6. The van der Waals surface area contributed by atoms with Crippen LogP contribution < -0.4 is 10.2 Å². The highest BCUT2D eigenvalue weighted by Gasteiger charge is 2.32. The van der Waals surface area contributed by atoms with Crippen LogP contribution in [0.1, 0.15) is 49.3 Å². The van der Waals surface area contributed by atoms with Crippen molar-refractivity contribution < 1.29 is 9.59 Å². The maximum atomic E-state index is 13.1. The maximum Gasteiger partial charge on any atom is 0.247 e. The van der Waals surface area contributed by atoms with Gasteiger partial charge in [0.05, 0.1) is 0 Å². The Morgan fingerprint density at radius 1 is 0.941 bits per heavy atom. The second-order valence-electron chi connectivity index (χ2n) is 9.52. The zero-order chi connectivity index (χ0) is 23.8. The van der Waals surface area contributed by atoms with Crippen molar-refractivity contribution in [2.45, 2.75) is 45.1 Å². The van der Waals surface area contributed by atoms with Gasteiger partial charge in [-0.05, 0) is 62.4 Å². The number of benzene rings is 2. The second-order valence-corrected chi connectivity index (χ2v) is 9.52. The quantitative estimate of drug-likeness (QED) is 0.577. The van der Waals surface area contributed by atoms with Gasteiger partial charge in [-0.2, -0.15) is 0 Å². The molecule has 2 aromatic rings. The molecule has 4 rings (SSSR count). The van der Waals surface area contributed by atoms with Crippen molar-refractivity contribution in [1.82, 2.24) is 15.1 Å². The van der Waals surface area contributed by atoms with E-state index >= 15 is 0 Å². The minimum absolute atomic E-state index is 0.0618. The molecular weight excluding hydrogens is 424 g/mol. The summed E-state index contributed by atoms with van der Waals surface area (Å²) in [5.41, 5.74) is 3.52. The Kier molecular flexibility index (Phi) is 8.58. The number of carbonyl (C=O) groups excluding carboxylic acids is 2. The molecule has 0 spiro atoms. The van der Waals surface area contributed by atoms with Crippen LogP contribution >= 0.6 is 0 Å². The van der Waals surface area contributed by atoms with E-state index in [1.165, 1.54) is 11.3 Å². The third-order valence-electron chi connectivity index (χ3n) is 6.97. The van der Waals surface area contributed by atoms with Gasteiger partial charge in [0.2, 0.25) is 11.8 Å². The van der Waals surface area contributed by atoms with Crippen LogP contribution in [0.3, 0.4) is 0 Å². The lowest BCUT2D eigenvalue weighted by molar-refractivity contribution is -0.142. The summed E-state index contributed by atoms with van der Waals surface area (Å²) in [6.45, 7) is 8.77. The van der Waals surface area contributed by atoms with Gasteiger partial charge in [0.1, 0.15) is 6.04 Å². The van der Waals surface area contributed by atoms with Gasteiger partial charge in [0.15, 0.2) is 0 Å². The van der Waals surface area contributed by atoms with Crippen LogP contribution in [0.2, 0.25) is 0 Å². The summed E-state index contributed by atoms with van der Waals surface area (Å²) in [5.74, 6) is 0.0216. The second kappa shape index (κ2) is 12.0. The van der Waals surface area contributed by atoms with Crippen LogP contribution in [0.5, 0.6) is 0 Å². The first-order valence-corrected chi connectivity index (χ1v) is 12.8. The van der Waals surface area contributed by atoms with Crippen LogP contribution in [0.4, 0.5) is 5.69 Å². The Hall–Kier alpha value is -2.86. The fraction of sp³-hybridized carbons (Fsp3) is 0.500. The molecule has 0 unspecified atom stereocenters. The van der Waals surface area contributed by atoms with Crippen LogP contribution in [0, 0.1) is 6.92 Å². The minimum atomic E-state index is -0.524. The number of piperazine rings is 1. The lowest BCUT2D eigenvalue weighted by Gasteiger charge is -2.36. The first-order valence-electron chi connectivity index (χ1n) is 12.8. The van der Waals surface area contributed by atoms with Gasteiger partial charge < -0.3 is 15.1 Å². The number of unbranched alkanes of at least 4 members (excludes halogenated alkanes) is 1.